The summed E-state index contributed by atoms with van der Waals surface area (Å²) < 4.78 is 5.11. The minimum absolute atomic E-state index is 0.124. The number of aryl methyl sites for hydroxylation is 1. The van der Waals surface area contributed by atoms with E-state index in [1.807, 2.05) is 24.3 Å². The summed E-state index contributed by atoms with van der Waals surface area (Å²) in [6, 6.07) is 19.1. The molecule has 0 aliphatic heterocycles. The molecule has 0 fully saturated rings. The molecule has 1 N–H and O–H groups in total. The third-order valence-corrected chi connectivity index (χ3v) is 4.01. The number of aromatic nitrogens is 1. The first-order valence-corrected chi connectivity index (χ1v) is 8.10. The monoisotopic (exact) mass is 332 g/mol. The lowest BCUT2D eigenvalue weighted by atomic mass is 10.0. The van der Waals surface area contributed by atoms with Crippen LogP contribution >= 0.6 is 0 Å². The summed E-state index contributed by atoms with van der Waals surface area (Å²) in [5.74, 6) is 0.604. The number of hydrogen-bond donors (Lipinski definition) is 1. The fourth-order valence-corrected chi connectivity index (χ4v) is 2.57. The quantitative estimate of drug-likeness (QED) is 0.768. The first-order chi connectivity index (χ1) is 12.2. The molecule has 3 rings (SSSR count). The maximum absolute atomic E-state index is 12.3. The van der Waals surface area contributed by atoms with E-state index in [9.17, 15) is 4.79 Å². The van der Waals surface area contributed by atoms with E-state index in [2.05, 4.69) is 29.4 Å². The second-order valence-electron chi connectivity index (χ2n) is 5.79. The number of methoxy groups -OCH3 is 1. The van der Waals surface area contributed by atoms with E-state index in [1.165, 1.54) is 5.56 Å². The van der Waals surface area contributed by atoms with Gasteiger partial charge < -0.3 is 10.1 Å². The lowest BCUT2D eigenvalue weighted by Crippen LogP contribution is -2.23. The van der Waals surface area contributed by atoms with Crippen LogP contribution in [0.5, 0.6) is 5.75 Å². The molecular formula is C21H20N2O2. The minimum atomic E-state index is -0.124. The molecule has 0 bridgehead atoms. The molecule has 0 saturated carbocycles. The van der Waals surface area contributed by atoms with Crippen LogP contribution in [0.2, 0.25) is 0 Å². The normalized spacial score (nSPS) is 10.3. The van der Waals surface area contributed by atoms with Crippen molar-refractivity contribution in [1.29, 1.82) is 0 Å². The summed E-state index contributed by atoms with van der Waals surface area (Å²) in [5.41, 5.74) is 4.71. The van der Waals surface area contributed by atoms with Crippen molar-refractivity contribution in [3.63, 3.8) is 0 Å². The molecule has 0 atom stereocenters. The van der Waals surface area contributed by atoms with E-state index < -0.39 is 0 Å². The number of nitrogens with zero attached hydrogens (tertiary/aromatic N) is 1. The molecule has 0 radical (unpaired) electrons. The van der Waals surface area contributed by atoms with E-state index in [0.717, 1.165) is 22.6 Å². The molecule has 2 aromatic carbocycles. The van der Waals surface area contributed by atoms with Crippen LogP contribution in [0.25, 0.3) is 11.3 Å². The highest BCUT2D eigenvalue weighted by Crippen LogP contribution is 2.21. The van der Waals surface area contributed by atoms with Crippen LogP contribution in [0.1, 0.15) is 21.5 Å². The molecule has 126 valence electrons. The van der Waals surface area contributed by atoms with Gasteiger partial charge in [-0.2, -0.15) is 0 Å². The van der Waals surface area contributed by atoms with Crippen LogP contribution in [-0.4, -0.2) is 18.0 Å². The summed E-state index contributed by atoms with van der Waals surface area (Å²) in [7, 11) is 1.60. The van der Waals surface area contributed by atoms with Crippen LogP contribution in [-0.2, 0) is 6.54 Å². The van der Waals surface area contributed by atoms with Gasteiger partial charge in [0.25, 0.3) is 5.91 Å². The highest BCUT2D eigenvalue weighted by atomic mass is 16.5. The molecule has 1 amide bonds. The predicted molar refractivity (Wildman–Crippen MR) is 98.6 cm³/mol. The van der Waals surface area contributed by atoms with Gasteiger partial charge in [0.15, 0.2) is 0 Å². The maximum atomic E-state index is 12.3. The molecule has 3 aromatic rings. The zero-order valence-electron chi connectivity index (χ0n) is 14.3. The molecular weight excluding hydrogens is 312 g/mol. The maximum Gasteiger partial charge on any atom is 0.251 e. The van der Waals surface area contributed by atoms with Crippen LogP contribution in [0, 0.1) is 6.92 Å². The van der Waals surface area contributed by atoms with Crippen molar-refractivity contribution in [2.45, 2.75) is 13.5 Å². The van der Waals surface area contributed by atoms with Gasteiger partial charge in [0.2, 0.25) is 0 Å². The van der Waals surface area contributed by atoms with Crippen LogP contribution in [0.3, 0.4) is 0 Å². The average molecular weight is 332 g/mol. The first kappa shape index (κ1) is 16.7. The second kappa shape index (κ2) is 7.62. The lowest BCUT2D eigenvalue weighted by molar-refractivity contribution is 0.0951. The number of pyridine rings is 1. The number of rotatable bonds is 5. The Kier molecular flexibility index (Phi) is 5.09. The lowest BCUT2D eigenvalue weighted by Gasteiger charge is -2.10. The van der Waals surface area contributed by atoms with Crippen molar-refractivity contribution in [3.05, 3.63) is 83.6 Å². The fourth-order valence-electron chi connectivity index (χ4n) is 2.57. The number of ether oxygens (including phenoxy) is 1. The molecule has 0 unspecified atom stereocenters. The molecule has 0 aliphatic rings. The molecule has 1 heterocycles. The highest BCUT2D eigenvalue weighted by molar-refractivity contribution is 5.94. The van der Waals surface area contributed by atoms with E-state index in [1.54, 1.807) is 37.6 Å². The van der Waals surface area contributed by atoms with Gasteiger partial charge in [-0.3, -0.25) is 9.78 Å². The largest absolute Gasteiger partial charge is 0.497 e. The van der Waals surface area contributed by atoms with E-state index in [0.29, 0.717) is 12.1 Å². The Morgan fingerprint density at radius 3 is 2.44 bits per heavy atom. The zero-order valence-corrected chi connectivity index (χ0v) is 14.3. The molecule has 1 aromatic heterocycles. The van der Waals surface area contributed by atoms with Gasteiger partial charge in [-0.1, -0.05) is 35.9 Å². The number of nitrogens with one attached hydrogen (secondary N) is 1. The van der Waals surface area contributed by atoms with Gasteiger partial charge in [0.1, 0.15) is 5.75 Å². The molecule has 25 heavy (non-hydrogen) atoms. The summed E-state index contributed by atoms with van der Waals surface area (Å²) >= 11 is 0. The number of benzene rings is 2. The van der Waals surface area contributed by atoms with E-state index >= 15 is 0 Å². The smallest absolute Gasteiger partial charge is 0.251 e. The second-order valence-corrected chi connectivity index (χ2v) is 5.79. The van der Waals surface area contributed by atoms with Gasteiger partial charge in [0.05, 0.1) is 12.8 Å². The Labute approximate surface area is 147 Å². The van der Waals surface area contributed by atoms with Crippen LogP contribution < -0.4 is 10.1 Å². The third kappa shape index (κ3) is 4.04. The van der Waals surface area contributed by atoms with Crippen molar-refractivity contribution < 1.29 is 9.53 Å². The topological polar surface area (TPSA) is 51.2 Å². The Morgan fingerprint density at radius 1 is 1.04 bits per heavy atom. The highest BCUT2D eigenvalue weighted by Gasteiger charge is 2.09. The van der Waals surface area contributed by atoms with Crippen LogP contribution in [0.4, 0.5) is 0 Å². The van der Waals surface area contributed by atoms with E-state index in [-0.39, 0.29) is 5.91 Å². The van der Waals surface area contributed by atoms with Gasteiger partial charge in [-0.25, -0.2) is 0 Å². The number of amides is 1. The van der Waals surface area contributed by atoms with Crippen molar-refractivity contribution in [3.8, 4) is 17.0 Å². The predicted octanol–water partition coefficient (Wildman–Crippen LogP) is 4.00. The zero-order chi connectivity index (χ0) is 17.6. The summed E-state index contributed by atoms with van der Waals surface area (Å²) in [6.45, 7) is 2.47. The van der Waals surface area contributed by atoms with Gasteiger partial charge in [0, 0.05) is 23.9 Å². The standard InChI is InChI=1S/C21H20N2O2/c1-15-5-7-16(8-6-15)20-18(4-3-13-22-20)14-23-21(24)17-9-11-19(25-2)12-10-17/h3-13H,14H2,1-2H3,(H,23,24). The molecule has 4 nitrogen and oxygen atoms in total. The summed E-state index contributed by atoms with van der Waals surface area (Å²) in [4.78, 5) is 16.8. The Hall–Kier alpha value is -3.14. The minimum Gasteiger partial charge on any atom is -0.497 e. The molecule has 0 aliphatic carbocycles. The fraction of sp³-hybridized carbons (Fsp3) is 0.143. The average Bonchev–Trinajstić information content (AvgIpc) is 2.67. The summed E-state index contributed by atoms with van der Waals surface area (Å²) in [6.07, 6.45) is 1.77. The first-order valence-electron chi connectivity index (χ1n) is 8.10. The van der Waals surface area contributed by atoms with Crippen molar-refractivity contribution in [2.24, 2.45) is 0 Å². The van der Waals surface area contributed by atoms with Crippen molar-refractivity contribution in [1.82, 2.24) is 10.3 Å². The number of carbonyl (C=O) groups is 1. The molecule has 4 heteroatoms. The van der Waals surface area contributed by atoms with Gasteiger partial charge >= 0.3 is 0 Å². The molecule has 0 spiro atoms. The SMILES string of the molecule is COc1ccc(C(=O)NCc2cccnc2-c2ccc(C)cc2)cc1. The third-order valence-electron chi connectivity index (χ3n) is 4.01. The molecule has 0 saturated heterocycles. The van der Waals surface area contributed by atoms with E-state index in [4.69, 9.17) is 4.74 Å². The number of carbonyl (C=O) groups excluding carboxylic acids is 1. The van der Waals surface area contributed by atoms with Gasteiger partial charge in [-0.15, -0.1) is 0 Å². The Balaban J connectivity index is 1.74. The number of hydrogen-bond acceptors (Lipinski definition) is 3. The Morgan fingerprint density at radius 2 is 1.76 bits per heavy atom. The van der Waals surface area contributed by atoms with Gasteiger partial charge in [-0.05, 0) is 42.8 Å². The Bertz CT molecular complexity index is 856. The van der Waals surface area contributed by atoms with Crippen molar-refractivity contribution in [2.75, 3.05) is 7.11 Å². The van der Waals surface area contributed by atoms with Crippen molar-refractivity contribution >= 4 is 5.91 Å². The summed E-state index contributed by atoms with van der Waals surface area (Å²) in [5, 5.41) is 2.95. The van der Waals surface area contributed by atoms with Crippen LogP contribution in [0.15, 0.2) is 66.9 Å².